The fourth-order valence-corrected chi connectivity index (χ4v) is 3.77. The van der Waals surface area contributed by atoms with E-state index in [1.165, 1.54) is 12.1 Å². The predicted molar refractivity (Wildman–Crippen MR) is 112 cm³/mol. The van der Waals surface area contributed by atoms with Gasteiger partial charge in [0.2, 0.25) is 0 Å². The van der Waals surface area contributed by atoms with E-state index >= 15 is 0 Å². The van der Waals surface area contributed by atoms with Crippen molar-refractivity contribution in [2.75, 3.05) is 52.9 Å². The second kappa shape index (κ2) is 11.7. The lowest BCUT2D eigenvalue weighted by molar-refractivity contribution is 0.0639. The Kier molecular flexibility index (Phi) is 8.93. The van der Waals surface area contributed by atoms with E-state index in [2.05, 4.69) is 0 Å². The first-order valence-electron chi connectivity index (χ1n) is 10.0. The minimum atomic E-state index is -4.67. The van der Waals surface area contributed by atoms with E-state index in [1.807, 2.05) is 0 Å². The van der Waals surface area contributed by atoms with E-state index < -0.39 is 30.0 Å². The molecule has 0 radical (unpaired) electrons. The maximum absolute atomic E-state index is 11.3. The molecule has 0 fully saturated rings. The lowest BCUT2D eigenvalue weighted by Gasteiger charge is -2.17. The van der Waals surface area contributed by atoms with Gasteiger partial charge in [-0.05, 0) is 24.3 Å². The SMILES string of the molecule is O=S(=O)([O-])c1ccc2c(c1)OCCOCCOc1ccc(S(=O)(=O)[O-])cc1OCCOCCO2. The van der Waals surface area contributed by atoms with Crippen LogP contribution in [-0.2, 0) is 29.7 Å². The number of hydrogen-bond donors (Lipinski definition) is 0. The zero-order valence-corrected chi connectivity index (χ0v) is 19.5. The van der Waals surface area contributed by atoms with Gasteiger partial charge in [0.15, 0.2) is 23.0 Å². The molecule has 34 heavy (non-hydrogen) atoms. The van der Waals surface area contributed by atoms with E-state index in [0.717, 1.165) is 24.3 Å². The van der Waals surface area contributed by atoms with Crippen molar-refractivity contribution in [3.8, 4) is 23.0 Å². The fourth-order valence-electron chi connectivity index (χ4n) is 2.80. The summed E-state index contributed by atoms with van der Waals surface area (Å²) >= 11 is 0. The Bertz CT molecular complexity index is 1080. The van der Waals surface area contributed by atoms with Crippen LogP contribution in [0.15, 0.2) is 46.2 Å². The zero-order chi connectivity index (χ0) is 24.6. The van der Waals surface area contributed by atoms with Gasteiger partial charge in [0.25, 0.3) is 0 Å². The van der Waals surface area contributed by atoms with Gasteiger partial charge in [-0.15, -0.1) is 0 Å². The van der Waals surface area contributed by atoms with Crippen molar-refractivity contribution < 1.29 is 54.4 Å². The molecule has 0 saturated carbocycles. The summed E-state index contributed by atoms with van der Waals surface area (Å²) in [6.07, 6.45) is 0. The molecule has 12 nitrogen and oxygen atoms in total. The molecule has 14 heteroatoms. The van der Waals surface area contributed by atoms with Crippen molar-refractivity contribution in [2.24, 2.45) is 0 Å². The van der Waals surface area contributed by atoms with E-state index in [-0.39, 0.29) is 75.9 Å². The normalized spacial score (nSPS) is 16.8. The summed E-state index contributed by atoms with van der Waals surface area (Å²) in [7, 11) is -9.34. The number of ether oxygens (including phenoxy) is 6. The van der Waals surface area contributed by atoms with Crippen LogP contribution >= 0.6 is 0 Å². The highest BCUT2D eigenvalue weighted by Crippen LogP contribution is 2.31. The quantitative estimate of drug-likeness (QED) is 0.512. The average Bonchev–Trinajstić information content (AvgIpc) is 2.77. The monoisotopic (exact) mass is 518 g/mol. The fraction of sp³-hybridized carbons (Fsp3) is 0.400. The Morgan fingerprint density at radius 2 is 0.824 bits per heavy atom. The lowest BCUT2D eigenvalue weighted by Crippen LogP contribution is -2.15. The molecule has 0 N–H and O–H groups in total. The van der Waals surface area contributed by atoms with Gasteiger partial charge in [-0.2, -0.15) is 0 Å². The van der Waals surface area contributed by atoms with E-state index in [4.69, 9.17) is 28.4 Å². The molecule has 1 aliphatic heterocycles. The van der Waals surface area contributed by atoms with Crippen LogP contribution in [0.1, 0.15) is 0 Å². The van der Waals surface area contributed by atoms with Crippen LogP contribution in [0.3, 0.4) is 0 Å². The summed E-state index contributed by atoms with van der Waals surface area (Å²) < 4.78 is 101. The summed E-state index contributed by atoms with van der Waals surface area (Å²) in [6, 6.07) is 7.03. The van der Waals surface area contributed by atoms with Crippen LogP contribution in [0.2, 0.25) is 0 Å². The highest BCUT2D eigenvalue weighted by Gasteiger charge is 2.13. The van der Waals surface area contributed by atoms with Crippen LogP contribution in [0, 0.1) is 0 Å². The maximum atomic E-state index is 11.3. The molecule has 2 aromatic rings. The van der Waals surface area contributed by atoms with E-state index in [0.29, 0.717) is 0 Å². The van der Waals surface area contributed by atoms with Crippen LogP contribution in [0.25, 0.3) is 0 Å². The summed E-state index contributed by atoms with van der Waals surface area (Å²) in [4.78, 5) is -0.905. The van der Waals surface area contributed by atoms with Crippen molar-refractivity contribution in [1.29, 1.82) is 0 Å². The summed E-state index contributed by atoms with van der Waals surface area (Å²) in [5.41, 5.74) is 0. The number of hydrogen-bond acceptors (Lipinski definition) is 12. The predicted octanol–water partition coefficient (Wildman–Crippen LogP) is 0.757. The molecule has 3 rings (SSSR count). The zero-order valence-electron chi connectivity index (χ0n) is 17.8. The third kappa shape index (κ3) is 7.72. The van der Waals surface area contributed by atoms with Crippen molar-refractivity contribution >= 4 is 20.2 Å². The first-order valence-corrected chi connectivity index (χ1v) is 12.8. The molecule has 0 saturated heterocycles. The molecule has 1 heterocycles. The molecule has 1 aliphatic rings. The third-order valence-electron chi connectivity index (χ3n) is 4.35. The topological polar surface area (TPSA) is 170 Å². The van der Waals surface area contributed by atoms with Crippen molar-refractivity contribution in [3.05, 3.63) is 36.4 Å². The Balaban J connectivity index is 1.68. The number of fused-ring (bicyclic) bond motifs is 2. The minimum absolute atomic E-state index is 0.0274. The molecule has 2 aromatic carbocycles. The second-order valence-electron chi connectivity index (χ2n) is 6.74. The van der Waals surface area contributed by atoms with Crippen molar-refractivity contribution in [1.82, 2.24) is 0 Å². The minimum Gasteiger partial charge on any atom is -0.744 e. The van der Waals surface area contributed by atoms with Gasteiger partial charge in [-0.3, -0.25) is 0 Å². The Morgan fingerprint density at radius 3 is 1.15 bits per heavy atom. The standard InChI is InChI=1S/C20H24O12S2/c21-33(22,23)15-1-3-17-19(13-15)31-11-7-28-6-10-30-18-4-2-16(34(24,25)26)14-20(18)32-12-8-27-5-9-29-17/h1-4,13-14H,5-12H2,(H,21,22,23)(H,24,25,26)/p-2. The molecule has 0 unspecified atom stereocenters. The molecular formula is C20H22O12S2-2. The summed E-state index contributed by atoms with van der Waals surface area (Å²) in [5, 5.41) is 0. The Labute approximate surface area is 196 Å². The smallest absolute Gasteiger partial charge is 0.162 e. The van der Waals surface area contributed by atoms with Crippen LogP contribution in [-0.4, -0.2) is 78.8 Å². The van der Waals surface area contributed by atoms with E-state index in [1.54, 1.807) is 0 Å². The molecule has 0 aliphatic carbocycles. The van der Waals surface area contributed by atoms with Gasteiger partial charge in [0.05, 0.1) is 36.2 Å². The van der Waals surface area contributed by atoms with Crippen LogP contribution < -0.4 is 18.9 Å². The van der Waals surface area contributed by atoms with Gasteiger partial charge >= 0.3 is 0 Å². The van der Waals surface area contributed by atoms with E-state index in [9.17, 15) is 25.9 Å². The van der Waals surface area contributed by atoms with Gasteiger partial charge < -0.3 is 37.5 Å². The third-order valence-corrected chi connectivity index (χ3v) is 6.01. The van der Waals surface area contributed by atoms with Gasteiger partial charge in [0, 0.05) is 12.1 Å². The summed E-state index contributed by atoms with van der Waals surface area (Å²) in [6.45, 7) is 0.689. The molecule has 0 amide bonds. The second-order valence-corrected chi connectivity index (χ2v) is 9.50. The largest absolute Gasteiger partial charge is 0.744 e. The number of benzene rings is 2. The average molecular weight is 519 g/mol. The Hall–Kier alpha value is -2.62. The number of rotatable bonds is 2. The van der Waals surface area contributed by atoms with Crippen LogP contribution in [0.5, 0.6) is 23.0 Å². The highest BCUT2D eigenvalue weighted by molar-refractivity contribution is 7.86. The molecule has 0 bridgehead atoms. The molecule has 188 valence electrons. The maximum Gasteiger partial charge on any atom is 0.162 e. The van der Waals surface area contributed by atoms with Gasteiger partial charge in [-0.25, -0.2) is 16.8 Å². The van der Waals surface area contributed by atoms with Gasteiger partial charge in [-0.1, -0.05) is 0 Å². The first-order chi connectivity index (χ1) is 16.1. The van der Waals surface area contributed by atoms with Crippen molar-refractivity contribution in [2.45, 2.75) is 9.79 Å². The lowest BCUT2D eigenvalue weighted by atomic mass is 10.3. The molecule has 0 spiro atoms. The molecular weight excluding hydrogens is 496 g/mol. The summed E-state index contributed by atoms with van der Waals surface area (Å²) in [5.74, 6) is 0.576. The van der Waals surface area contributed by atoms with Crippen molar-refractivity contribution in [3.63, 3.8) is 0 Å². The Morgan fingerprint density at radius 1 is 0.500 bits per heavy atom. The molecule has 0 aromatic heterocycles. The van der Waals surface area contributed by atoms with Gasteiger partial charge in [0.1, 0.15) is 46.7 Å². The highest BCUT2D eigenvalue weighted by atomic mass is 32.2. The molecule has 0 atom stereocenters. The van der Waals surface area contributed by atoms with Crippen LogP contribution in [0.4, 0.5) is 0 Å². The first kappa shape index (κ1) is 26.0.